The van der Waals surface area contributed by atoms with Crippen LogP contribution >= 0.6 is 0 Å². The lowest BCUT2D eigenvalue weighted by atomic mass is 10.1. The summed E-state index contributed by atoms with van der Waals surface area (Å²) in [6.07, 6.45) is -0.871. The summed E-state index contributed by atoms with van der Waals surface area (Å²) in [5.74, 6) is 0.930. The molecule has 174 valence electrons. The fraction of sp³-hybridized carbons (Fsp3) is 0.391. The highest BCUT2D eigenvalue weighted by molar-refractivity contribution is 5.77. The van der Waals surface area contributed by atoms with Crippen molar-refractivity contribution in [2.75, 3.05) is 61.4 Å². The first-order chi connectivity index (χ1) is 15.9. The number of nitrogens with zero attached hydrogens (tertiary/aromatic N) is 5. The number of anilines is 3. The highest BCUT2D eigenvalue weighted by Gasteiger charge is 2.35. The minimum atomic E-state index is -4.49. The number of piperazine rings is 1. The number of alkyl halides is 3. The third kappa shape index (κ3) is 4.61. The molecule has 3 aromatic heterocycles. The number of halogens is 3. The molecule has 0 aromatic carbocycles. The van der Waals surface area contributed by atoms with Crippen LogP contribution in [0.4, 0.5) is 30.5 Å². The number of nitrogens with one attached hydrogen (secondary N) is 1. The van der Waals surface area contributed by atoms with Gasteiger partial charge in [-0.05, 0) is 42.9 Å². The molecule has 0 amide bonds. The number of hydrogen-bond acceptors (Lipinski definition) is 7. The molecule has 7 nitrogen and oxygen atoms in total. The van der Waals surface area contributed by atoms with E-state index in [1.807, 2.05) is 23.2 Å². The van der Waals surface area contributed by atoms with Crippen molar-refractivity contribution >= 4 is 17.3 Å². The largest absolute Gasteiger partial charge is 0.455 e. The molecule has 5 heterocycles. The number of furan rings is 1. The van der Waals surface area contributed by atoms with E-state index >= 15 is 0 Å². The first-order valence-electron chi connectivity index (χ1n) is 10.9. The normalized spacial score (nSPS) is 17.1. The molecule has 1 N–H and O–H groups in total. The van der Waals surface area contributed by atoms with Crippen LogP contribution in [0.1, 0.15) is 11.5 Å². The molecule has 0 bridgehead atoms. The molecule has 0 saturated carbocycles. The third-order valence-electron chi connectivity index (χ3n) is 6.08. The lowest BCUT2D eigenvalue weighted by Crippen LogP contribution is -2.44. The molecule has 0 radical (unpaired) electrons. The van der Waals surface area contributed by atoms with Crippen molar-refractivity contribution in [2.45, 2.75) is 12.7 Å². The second kappa shape index (κ2) is 8.58. The minimum Gasteiger partial charge on any atom is -0.455 e. The maximum atomic E-state index is 12.9. The zero-order valence-electron chi connectivity index (χ0n) is 18.3. The van der Waals surface area contributed by atoms with Gasteiger partial charge in [0, 0.05) is 57.2 Å². The van der Waals surface area contributed by atoms with Crippen LogP contribution in [-0.2, 0) is 12.7 Å². The van der Waals surface area contributed by atoms with Gasteiger partial charge >= 0.3 is 6.18 Å². The summed E-state index contributed by atoms with van der Waals surface area (Å²) in [5.41, 5.74) is 2.76. The fourth-order valence-electron chi connectivity index (χ4n) is 4.19. The molecule has 0 atom stereocenters. The van der Waals surface area contributed by atoms with E-state index in [4.69, 9.17) is 4.42 Å². The van der Waals surface area contributed by atoms with Crippen LogP contribution in [0.3, 0.4) is 0 Å². The number of hydrogen-bond donors (Lipinski definition) is 1. The molecule has 1 saturated heterocycles. The average Bonchev–Trinajstić information content (AvgIpc) is 3.29. The Labute approximate surface area is 189 Å². The van der Waals surface area contributed by atoms with E-state index in [0.717, 1.165) is 54.9 Å². The standard InChI is InChI=1S/C23H25F3N6O/c1-30-8-10-31(11-9-30)21-13-16(4-5-27-21)17-12-19-22(29-14-17)28-6-7-32(19)15-18-2-3-20(33-18)23(24,25)26/h2-5,12-14H,6-11,15H2,1H3,(H,28,29). The van der Waals surface area contributed by atoms with E-state index in [1.165, 1.54) is 6.07 Å². The van der Waals surface area contributed by atoms with Gasteiger partial charge in [-0.2, -0.15) is 13.2 Å². The van der Waals surface area contributed by atoms with Crippen LogP contribution in [0.25, 0.3) is 11.1 Å². The van der Waals surface area contributed by atoms with Gasteiger partial charge in [-0.3, -0.25) is 0 Å². The Balaban J connectivity index is 1.40. The maximum absolute atomic E-state index is 12.9. The number of likely N-dealkylation sites (N-methyl/N-ethyl adjacent to an activating group) is 1. The van der Waals surface area contributed by atoms with E-state index in [9.17, 15) is 13.2 Å². The quantitative estimate of drug-likeness (QED) is 0.636. The lowest BCUT2D eigenvalue weighted by molar-refractivity contribution is -0.153. The molecule has 5 rings (SSSR count). The Bertz CT molecular complexity index is 1120. The van der Waals surface area contributed by atoms with Gasteiger partial charge in [0.05, 0.1) is 12.2 Å². The zero-order valence-corrected chi connectivity index (χ0v) is 18.3. The van der Waals surface area contributed by atoms with E-state index < -0.39 is 11.9 Å². The van der Waals surface area contributed by atoms with Crippen molar-refractivity contribution in [2.24, 2.45) is 0 Å². The zero-order chi connectivity index (χ0) is 23.0. The maximum Gasteiger partial charge on any atom is 0.449 e. The summed E-state index contributed by atoms with van der Waals surface area (Å²) in [6.45, 7) is 5.36. The molecule has 2 aliphatic rings. The van der Waals surface area contributed by atoms with Crippen LogP contribution in [0.15, 0.2) is 47.1 Å². The van der Waals surface area contributed by atoms with Crippen molar-refractivity contribution < 1.29 is 17.6 Å². The number of fused-ring (bicyclic) bond motifs is 1. The van der Waals surface area contributed by atoms with Gasteiger partial charge in [0.2, 0.25) is 5.76 Å². The fourth-order valence-corrected chi connectivity index (χ4v) is 4.19. The average molecular weight is 458 g/mol. The molecular weight excluding hydrogens is 433 g/mol. The summed E-state index contributed by atoms with van der Waals surface area (Å²) in [4.78, 5) is 15.7. The van der Waals surface area contributed by atoms with Crippen molar-refractivity contribution in [1.82, 2.24) is 14.9 Å². The summed E-state index contributed by atoms with van der Waals surface area (Å²) in [6, 6.07) is 8.39. The van der Waals surface area contributed by atoms with Crippen molar-refractivity contribution in [3.63, 3.8) is 0 Å². The van der Waals surface area contributed by atoms with Crippen LogP contribution < -0.4 is 15.1 Å². The Morgan fingerprint density at radius 1 is 1.00 bits per heavy atom. The summed E-state index contributed by atoms with van der Waals surface area (Å²) in [5, 5.41) is 3.27. The summed E-state index contributed by atoms with van der Waals surface area (Å²) < 4.78 is 43.8. The first-order valence-corrected chi connectivity index (χ1v) is 10.9. The number of rotatable bonds is 4. The topological polar surface area (TPSA) is 60.7 Å². The Morgan fingerprint density at radius 2 is 1.82 bits per heavy atom. The first kappa shape index (κ1) is 21.6. The van der Waals surface area contributed by atoms with Crippen LogP contribution in [0.5, 0.6) is 0 Å². The van der Waals surface area contributed by atoms with Gasteiger partial charge < -0.3 is 24.4 Å². The summed E-state index contributed by atoms with van der Waals surface area (Å²) >= 11 is 0. The van der Waals surface area contributed by atoms with Crippen LogP contribution in [-0.4, -0.2) is 61.2 Å². The molecule has 0 unspecified atom stereocenters. The van der Waals surface area contributed by atoms with E-state index in [1.54, 1.807) is 6.20 Å². The highest BCUT2D eigenvalue weighted by atomic mass is 19.4. The van der Waals surface area contributed by atoms with E-state index in [0.29, 0.717) is 18.9 Å². The van der Waals surface area contributed by atoms with Crippen molar-refractivity contribution in [3.05, 3.63) is 54.2 Å². The predicted molar refractivity (Wildman–Crippen MR) is 120 cm³/mol. The van der Waals surface area contributed by atoms with Crippen LogP contribution in [0.2, 0.25) is 0 Å². The van der Waals surface area contributed by atoms with E-state index in [2.05, 4.69) is 38.2 Å². The highest BCUT2D eigenvalue weighted by Crippen LogP contribution is 2.35. The van der Waals surface area contributed by atoms with Gasteiger partial charge in [0.25, 0.3) is 0 Å². The number of pyridine rings is 2. The van der Waals surface area contributed by atoms with Gasteiger partial charge in [-0.15, -0.1) is 0 Å². The predicted octanol–water partition coefficient (Wildman–Crippen LogP) is 3.94. The Kier molecular flexibility index (Phi) is 5.61. The third-order valence-corrected chi connectivity index (χ3v) is 6.08. The molecule has 1 fully saturated rings. The second-order valence-electron chi connectivity index (χ2n) is 8.40. The van der Waals surface area contributed by atoms with Crippen LogP contribution in [0, 0.1) is 0 Å². The second-order valence-corrected chi connectivity index (χ2v) is 8.40. The van der Waals surface area contributed by atoms with Gasteiger partial charge in [-0.1, -0.05) is 0 Å². The van der Waals surface area contributed by atoms with E-state index in [-0.39, 0.29) is 12.3 Å². The molecule has 0 spiro atoms. The van der Waals surface area contributed by atoms with Gasteiger partial charge in [0.15, 0.2) is 0 Å². The summed E-state index contributed by atoms with van der Waals surface area (Å²) in [7, 11) is 2.12. The number of aromatic nitrogens is 2. The molecule has 33 heavy (non-hydrogen) atoms. The molecule has 0 aliphatic carbocycles. The lowest BCUT2D eigenvalue weighted by Gasteiger charge is -2.33. The SMILES string of the molecule is CN1CCN(c2cc(-c3cnc4c(c3)N(Cc3ccc(C(F)(F)F)o3)CCN4)ccn2)CC1. The Morgan fingerprint density at radius 3 is 2.58 bits per heavy atom. The van der Waals surface area contributed by atoms with Gasteiger partial charge in [0.1, 0.15) is 17.4 Å². The van der Waals surface area contributed by atoms with Crippen molar-refractivity contribution in [3.8, 4) is 11.1 Å². The monoisotopic (exact) mass is 458 g/mol. The molecule has 10 heteroatoms. The van der Waals surface area contributed by atoms with Crippen molar-refractivity contribution in [1.29, 1.82) is 0 Å². The van der Waals surface area contributed by atoms with Gasteiger partial charge in [-0.25, -0.2) is 9.97 Å². The smallest absolute Gasteiger partial charge is 0.449 e. The Hall–Kier alpha value is -3.27. The molecular formula is C23H25F3N6O. The minimum absolute atomic E-state index is 0.235. The molecule has 2 aliphatic heterocycles. The molecule has 3 aromatic rings.